The molecule has 2 aromatic carbocycles. The van der Waals surface area contributed by atoms with Gasteiger partial charge in [-0.3, -0.25) is 4.21 Å². The summed E-state index contributed by atoms with van der Waals surface area (Å²) in [6.07, 6.45) is 0. The fourth-order valence-corrected chi connectivity index (χ4v) is 3.87. The van der Waals surface area contributed by atoms with E-state index in [1.54, 1.807) is 7.11 Å². The molecule has 0 amide bonds. The van der Waals surface area contributed by atoms with Crippen molar-refractivity contribution >= 4 is 27.5 Å². The lowest BCUT2D eigenvalue weighted by atomic mass is 10.1. The van der Waals surface area contributed by atoms with E-state index in [4.69, 9.17) is 4.74 Å². The zero-order chi connectivity index (χ0) is 17.3. The molecule has 1 N–H and O–H groups in total. The van der Waals surface area contributed by atoms with Crippen LogP contribution in [0.4, 0.5) is 5.69 Å². The van der Waals surface area contributed by atoms with Gasteiger partial charge in [-0.05, 0) is 30.7 Å². The second-order valence-electron chi connectivity index (χ2n) is 5.82. The normalized spacial score (nSPS) is 13.7. The number of para-hydroxylation sites is 1. The fraction of sp³-hybridized carbons (Fsp3) is 0.278. The molecule has 0 saturated carbocycles. The highest BCUT2D eigenvalue weighted by Crippen LogP contribution is 2.31. The summed E-state index contributed by atoms with van der Waals surface area (Å²) in [4.78, 5) is 9.68. The van der Waals surface area contributed by atoms with E-state index < -0.39 is 10.8 Å². The molecular weight excluding hydrogens is 322 g/mol. The van der Waals surface area contributed by atoms with Gasteiger partial charge >= 0.3 is 0 Å². The van der Waals surface area contributed by atoms with Crippen molar-refractivity contribution < 1.29 is 8.95 Å². The standard InChI is InChI=1S/C18H21N3O2S/c1-12(14-7-5-6-8-17(14)21(2)3)24(22)18-19-15-10-9-13(23-4)11-16(15)20-18/h5-12H,1-4H3,(H,19,20). The number of H-pyrrole nitrogens is 1. The zero-order valence-corrected chi connectivity index (χ0v) is 15.1. The Labute approximate surface area is 144 Å². The molecule has 0 spiro atoms. The molecule has 2 unspecified atom stereocenters. The number of ether oxygens (including phenoxy) is 1. The molecule has 0 radical (unpaired) electrons. The number of imidazole rings is 1. The van der Waals surface area contributed by atoms with Gasteiger partial charge in [0, 0.05) is 25.8 Å². The van der Waals surface area contributed by atoms with E-state index in [1.807, 2.05) is 68.4 Å². The van der Waals surface area contributed by atoms with Gasteiger partial charge in [-0.15, -0.1) is 0 Å². The summed E-state index contributed by atoms with van der Waals surface area (Å²) in [7, 11) is 4.32. The minimum absolute atomic E-state index is 0.175. The fourth-order valence-electron chi connectivity index (χ4n) is 2.71. The Morgan fingerprint density at radius 3 is 2.67 bits per heavy atom. The van der Waals surface area contributed by atoms with Crippen molar-refractivity contribution in [1.29, 1.82) is 0 Å². The van der Waals surface area contributed by atoms with Crippen molar-refractivity contribution in [1.82, 2.24) is 9.97 Å². The van der Waals surface area contributed by atoms with E-state index in [2.05, 4.69) is 9.97 Å². The lowest BCUT2D eigenvalue weighted by molar-refractivity contribution is 0.415. The number of anilines is 1. The lowest BCUT2D eigenvalue weighted by Gasteiger charge is -2.20. The first-order chi connectivity index (χ1) is 11.5. The van der Waals surface area contributed by atoms with Crippen LogP contribution in [0.5, 0.6) is 5.75 Å². The summed E-state index contributed by atoms with van der Waals surface area (Å²) in [5, 5.41) is 0.311. The number of aromatic amines is 1. The van der Waals surface area contributed by atoms with E-state index in [0.717, 1.165) is 28.0 Å². The predicted molar refractivity (Wildman–Crippen MR) is 98.2 cm³/mol. The van der Waals surface area contributed by atoms with Gasteiger partial charge in [0.2, 0.25) is 0 Å². The molecule has 0 saturated heterocycles. The van der Waals surface area contributed by atoms with Gasteiger partial charge in [-0.25, -0.2) is 4.98 Å². The highest BCUT2D eigenvalue weighted by atomic mass is 32.2. The average Bonchev–Trinajstić information content (AvgIpc) is 3.03. The lowest BCUT2D eigenvalue weighted by Crippen LogP contribution is -2.14. The maximum absolute atomic E-state index is 13.0. The molecule has 2 atom stereocenters. The molecule has 3 aromatic rings. The van der Waals surface area contributed by atoms with Gasteiger partial charge in [-0.2, -0.15) is 0 Å². The summed E-state index contributed by atoms with van der Waals surface area (Å²) in [5.41, 5.74) is 3.72. The van der Waals surface area contributed by atoms with Gasteiger partial charge in [0.05, 0.1) is 34.2 Å². The number of methoxy groups -OCH3 is 1. The minimum Gasteiger partial charge on any atom is -0.497 e. The maximum atomic E-state index is 13.0. The van der Waals surface area contributed by atoms with Gasteiger partial charge in [0.15, 0.2) is 5.16 Å². The molecule has 0 fully saturated rings. The molecule has 1 heterocycles. The molecule has 24 heavy (non-hydrogen) atoms. The minimum atomic E-state index is -1.28. The molecule has 0 aliphatic carbocycles. The SMILES string of the molecule is COc1ccc2nc(S(=O)C(C)c3ccccc3N(C)C)[nH]c2c1. The Kier molecular flexibility index (Phi) is 4.57. The summed E-state index contributed by atoms with van der Waals surface area (Å²) in [6.45, 7) is 1.96. The van der Waals surface area contributed by atoms with Crippen LogP contribution in [0.25, 0.3) is 11.0 Å². The molecule has 1 aromatic heterocycles. The first kappa shape index (κ1) is 16.5. The number of fused-ring (bicyclic) bond motifs is 1. The Morgan fingerprint density at radius 2 is 1.96 bits per heavy atom. The van der Waals surface area contributed by atoms with Crippen LogP contribution in [0.1, 0.15) is 17.7 Å². The molecule has 5 nitrogen and oxygen atoms in total. The van der Waals surface area contributed by atoms with E-state index in [1.165, 1.54) is 0 Å². The molecule has 0 bridgehead atoms. The molecule has 6 heteroatoms. The smallest absolute Gasteiger partial charge is 0.198 e. The third kappa shape index (κ3) is 3.01. The number of hydrogen-bond acceptors (Lipinski definition) is 4. The number of aromatic nitrogens is 2. The van der Waals surface area contributed by atoms with Gasteiger partial charge in [-0.1, -0.05) is 18.2 Å². The quantitative estimate of drug-likeness (QED) is 0.770. The Morgan fingerprint density at radius 1 is 1.21 bits per heavy atom. The topological polar surface area (TPSA) is 58.2 Å². The van der Waals surface area contributed by atoms with Crippen molar-refractivity contribution in [3.8, 4) is 5.75 Å². The van der Waals surface area contributed by atoms with Crippen molar-refractivity contribution in [2.45, 2.75) is 17.3 Å². The van der Waals surface area contributed by atoms with Crippen molar-refractivity contribution in [2.75, 3.05) is 26.1 Å². The molecular formula is C18H21N3O2S. The van der Waals surface area contributed by atoms with Crippen LogP contribution in [0.2, 0.25) is 0 Å². The van der Waals surface area contributed by atoms with Crippen LogP contribution in [-0.4, -0.2) is 35.4 Å². The molecule has 0 aliphatic heterocycles. The Hall–Kier alpha value is -2.34. The first-order valence-corrected chi connectivity index (χ1v) is 8.93. The van der Waals surface area contributed by atoms with Crippen molar-refractivity contribution in [3.05, 3.63) is 48.0 Å². The molecule has 3 rings (SSSR count). The number of hydrogen-bond donors (Lipinski definition) is 1. The van der Waals surface area contributed by atoms with E-state index in [0.29, 0.717) is 5.16 Å². The first-order valence-electron chi connectivity index (χ1n) is 7.72. The third-order valence-corrected chi connectivity index (χ3v) is 5.51. The van der Waals surface area contributed by atoms with Crippen molar-refractivity contribution in [2.24, 2.45) is 0 Å². The highest BCUT2D eigenvalue weighted by molar-refractivity contribution is 7.85. The molecule has 126 valence electrons. The van der Waals surface area contributed by atoms with Gasteiger partial charge in [0.1, 0.15) is 5.75 Å². The van der Waals surface area contributed by atoms with E-state index in [-0.39, 0.29) is 5.25 Å². The van der Waals surface area contributed by atoms with Crippen molar-refractivity contribution in [3.63, 3.8) is 0 Å². The Balaban J connectivity index is 1.97. The predicted octanol–water partition coefficient (Wildman–Crippen LogP) is 3.51. The van der Waals surface area contributed by atoms with Crippen LogP contribution in [0.15, 0.2) is 47.6 Å². The number of nitrogens with zero attached hydrogens (tertiary/aromatic N) is 2. The monoisotopic (exact) mass is 343 g/mol. The van der Waals surface area contributed by atoms with E-state index >= 15 is 0 Å². The van der Waals surface area contributed by atoms with Crippen LogP contribution in [0.3, 0.4) is 0 Å². The maximum Gasteiger partial charge on any atom is 0.198 e. The zero-order valence-electron chi connectivity index (χ0n) is 14.2. The summed E-state index contributed by atoms with van der Waals surface area (Å²) < 4.78 is 18.2. The van der Waals surface area contributed by atoms with Crippen LogP contribution in [0, 0.1) is 0 Å². The van der Waals surface area contributed by atoms with Gasteiger partial charge < -0.3 is 14.6 Å². The molecule has 0 aliphatic rings. The number of benzene rings is 2. The average molecular weight is 343 g/mol. The van der Waals surface area contributed by atoms with Crippen LogP contribution >= 0.6 is 0 Å². The van der Waals surface area contributed by atoms with E-state index in [9.17, 15) is 4.21 Å². The summed E-state index contributed by atoms with van der Waals surface area (Å²) >= 11 is 0. The largest absolute Gasteiger partial charge is 0.497 e. The van der Waals surface area contributed by atoms with Crippen LogP contribution < -0.4 is 9.64 Å². The summed E-state index contributed by atoms with van der Waals surface area (Å²) in [6, 6.07) is 13.6. The number of nitrogens with one attached hydrogen (secondary N) is 1. The number of rotatable bonds is 5. The second-order valence-corrected chi connectivity index (χ2v) is 7.51. The highest BCUT2D eigenvalue weighted by Gasteiger charge is 2.22. The van der Waals surface area contributed by atoms with Gasteiger partial charge in [0.25, 0.3) is 0 Å². The van der Waals surface area contributed by atoms with Crippen LogP contribution in [-0.2, 0) is 10.8 Å². The third-order valence-electron chi connectivity index (χ3n) is 4.04. The Bertz CT molecular complexity index is 889. The second kappa shape index (κ2) is 6.65. The summed E-state index contributed by atoms with van der Waals surface area (Å²) in [5.74, 6) is 0.745.